The van der Waals surface area contributed by atoms with E-state index in [4.69, 9.17) is 0 Å². The lowest BCUT2D eigenvalue weighted by atomic mass is 10.0. The van der Waals surface area contributed by atoms with Crippen LogP contribution in [-0.2, 0) is 0 Å². The first-order valence-corrected chi connectivity index (χ1v) is 7.35. The minimum Gasteiger partial charge on any atom is -0.310 e. The molecule has 1 aliphatic rings. The van der Waals surface area contributed by atoms with Crippen LogP contribution in [0.15, 0.2) is 23.1 Å². The van der Waals surface area contributed by atoms with Gasteiger partial charge in [-0.15, -0.1) is 11.8 Å². The van der Waals surface area contributed by atoms with Crippen molar-refractivity contribution in [3.63, 3.8) is 0 Å². The summed E-state index contributed by atoms with van der Waals surface area (Å²) in [7, 11) is 0. The Morgan fingerprint density at radius 2 is 2.35 bits per heavy atom. The van der Waals surface area contributed by atoms with Crippen molar-refractivity contribution in [1.29, 1.82) is 0 Å². The van der Waals surface area contributed by atoms with Gasteiger partial charge in [-0.3, -0.25) is 0 Å². The molecule has 2 rings (SSSR count). The normalized spacial score (nSPS) is 21.0. The van der Waals surface area contributed by atoms with Gasteiger partial charge in [0.05, 0.1) is 0 Å². The van der Waals surface area contributed by atoms with Gasteiger partial charge >= 0.3 is 0 Å². The molecule has 0 spiro atoms. The molecule has 94 valence electrons. The third kappa shape index (κ3) is 3.02. The van der Waals surface area contributed by atoms with E-state index in [0.717, 1.165) is 29.2 Å². The highest BCUT2D eigenvalue weighted by molar-refractivity contribution is 7.99. The van der Waals surface area contributed by atoms with Gasteiger partial charge in [0.15, 0.2) is 0 Å². The first-order chi connectivity index (χ1) is 8.22. The molecular weight excluding hydrogens is 233 g/mol. The molecule has 0 amide bonds. The fourth-order valence-electron chi connectivity index (χ4n) is 2.09. The van der Waals surface area contributed by atoms with E-state index in [1.54, 1.807) is 17.8 Å². The predicted octanol–water partition coefficient (Wildman–Crippen LogP) is 4.00. The summed E-state index contributed by atoms with van der Waals surface area (Å²) in [6.07, 6.45) is 2.28. The Morgan fingerprint density at radius 3 is 3.12 bits per heavy atom. The van der Waals surface area contributed by atoms with E-state index < -0.39 is 0 Å². The molecule has 1 aromatic carbocycles. The molecule has 0 bridgehead atoms. The summed E-state index contributed by atoms with van der Waals surface area (Å²) in [4.78, 5) is 0.848. The average Bonchev–Trinajstić information content (AvgIpc) is 2.36. The molecule has 0 aliphatic carbocycles. The first-order valence-electron chi connectivity index (χ1n) is 6.37. The number of halogens is 1. The molecule has 1 aliphatic heterocycles. The van der Waals surface area contributed by atoms with Gasteiger partial charge in [-0.25, -0.2) is 4.39 Å². The molecule has 1 nitrogen and oxygen atoms in total. The number of benzene rings is 1. The molecule has 0 aromatic heterocycles. The van der Waals surface area contributed by atoms with Gasteiger partial charge in [0.2, 0.25) is 0 Å². The maximum absolute atomic E-state index is 13.7. The van der Waals surface area contributed by atoms with Crippen LogP contribution in [0.1, 0.15) is 38.3 Å². The molecule has 0 saturated heterocycles. The SMILES string of the molecule is CCC(C)CNC1CCSc2c(F)cccc21. The Kier molecular flexibility index (Phi) is 4.46. The molecule has 2 unspecified atom stereocenters. The highest BCUT2D eigenvalue weighted by Gasteiger charge is 2.22. The Morgan fingerprint density at radius 1 is 1.53 bits per heavy atom. The van der Waals surface area contributed by atoms with Gasteiger partial charge in [-0.05, 0) is 36.3 Å². The summed E-state index contributed by atoms with van der Waals surface area (Å²) in [5, 5.41) is 3.58. The van der Waals surface area contributed by atoms with Gasteiger partial charge in [0.1, 0.15) is 5.82 Å². The van der Waals surface area contributed by atoms with Crippen molar-refractivity contribution in [2.75, 3.05) is 12.3 Å². The highest BCUT2D eigenvalue weighted by atomic mass is 32.2. The van der Waals surface area contributed by atoms with Crippen LogP contribution in [-0.4, -0.2) is 12.3 Å². The van der Waals surface area contributed by atoms with E-state index in [0.29, 0.717) is 12.0 Å². The minimum atomic E-state index is -0.0671. The Bertz CT molecular complexity index is 380. The molecule has 0 radical (unpaired) electrons. The lowest BCUT2D eigenvalue weighted by Gasteiger charge is -2.27. The second-order valence-electron chi connectivity index (χ2n) is 4.77. The fraction of sp³-hybridized carbons (Fsp3) is 0.571. The zero-order valence-electron chi connectivity index (χ0n) is 10.5. The van der Waals surface area contributed by atoms with Gasteiger partial charge in [-0.1, -0.05) is 32.4 Å². The quantitative estimate of drug-likeness (QED) is 0.870. The van der Waals surface area contributed by atoms with Gasteiger partial charge in [-0.2, -0.15) is 0 Å². The monoisotopic (exact) mass is 253 g/mol. The van der Waals surface area contributed by atoms with Gasteiger partial charge in [0.25, 0.3) is 0 Å². The lowest BCUT2D eigenvalue weighted by molar-refractivity contribution is 0.430. The summed E-state index contributed by atoms with van der Waals surface area (Å²) in [6.45, 7) is 5.47. The van der Waals surface area contributed by atoms with E-state index in [1.165, 1.54) is 6.42 Å². The maximum atomic E-state index is 13.7. The smallest absolute Gasteiger partial charge is 0.137 e. The molecule has 1 heterocycles. The predicted molar refractivity (Wildman–Crippen MR) is 71.9 cm³/mol. The van der Waals surface area contributed by atoms with Crippen molar-refractivity contribution in [3.8, 4) is 0 Å². The van der Waals surface area contributed by atoms with E-state index in [1.807, 2.05) is 6.07 Å². The van der Waals surface area contributed by atoms with Crippen molar-refractivity contribution < 1.29 is 4.39 Å². The van der Waals surface area contributed by atoms with Crippen molar-refractivity contribution in [3.05, 3.63) is 29.6 Å². The topological polar surface area (TPSA) is 12.0 Å². The summed E-state index contributed by atoms with van der Waals surface area (Å²) in [5.74, 6) is 1.62. The fourth-order valence-corrected chi connectivity index (χ4v) is 3.23. The molecule has 2 atom stereocenters. The van der Waals surface area contributed by atoms with E-state index in [2.05, 4.69) is 25.2 Å². The van der Waals surface area contributed by atoms with Crippen LogP contribution in [0.25, 0.3) is 0 Å². The van der Waals surface area contributed by atoms with Crippen molar-refractivity contribution >= 4 is 11.8 Å². The number of hydrogen-bond acceptors (Lipinski definition) is 2. The van der Waals surface area contributed by atoms with Crippen molar-refractivity contribution in [2.24, 2.45) is 5.92 Å². The molecule has 0 saturated carbocycles. The average molecular weight is 253 g/mol. The van der Waals surface area contributed by atoms with Crippen LogP contribution in [0.5, 0.6) is 0 Å². The summed E-state index contributed by atoms with van der Waals surface area (Å²) >= 11 is 1.64. The van der Waals surface area contributed by atoms with Crippen LogP contribution in [0.2, 0.25) is 0 Å². The molecule has 17 heavy (non-hydrogen) atoms. The third-order valence-corrected chi connectivity index (χ3v) is 4.59. The molecular formula is C14H20FNS. The molecule has 1 N–H and O–H groups in total. The van der Waals surface area contributed by atoms with Crippen LogP contribution >= 0.6 is 11.8 Å². The molecule has 3 heteroatoms. The summed E-state index contributed by atoms with van der Waals surface area (Å²) < 4.78 is 13.7. The zero-order valence-corrected chi connectivity index (χ0v) is 11.3. The Hall–Kier alpha value is -0.540. The standard InChI is InChI=1S/C14H20FNS/c1-3-10(2)9-16-13-7-8-17-14-11(13)5-4-6-12(14)15/h4-6,10,13,16H,3,7-9H2,1-2H3. The number of fused-ring (bicyclic) bond motifs is 1. The zero-order chi connectivity index (χ0) is 12.3. The summed E-state index contributed by atoms with van der Waals surface area (Å²) in [6, 6.07) is 5.76. The number of rotatable bonds is 4. The highest BCUT2D eigenvalue weighted by Crippen LogP contribution is 2.37. The van der Waals surface area contributed by atoms with Gasteiger partial charge in [0, 0.05) is 10.9 Å². The van der Waals surface area contributed by atoms with Crippen LogP contribution in [0.3, 0.4) is 0 Å². The van der Waals surface area contributed by atoms with Crippen molar-refractivity contribution in [1.82, 2.24) is 5.32 Å². The minimum absolute atomic E-state index is 0.0671. The van der Waals surface area contributed by atoms with Crippen LogP contribution in [0, 0.1) is 11.7 Å². The van der Waals surface area contributed by atoms with E-state index in [9.17, 15) is 4.39 Å². The van der Waals surface area contributed by atoms with Gasteiger partial charge < -0.3 is 5.32 Å². The Balaban J connectivity index is 2.09. The maximum Gasteiger partial charge on any atom is 0.137 e. The summed E-state index contributed by atoms with van der Waals surface area (Å²) in [5.41, 5.74) is 1.14. The first kappa shape index (κ1) is 12.9. The van der Waals surface area contributed by atoms with E-state index in [-0.39, 0.29) is 5.82 Å². The number of thioether (sulfide) groups is 1. The Labute approximate surface area is 107 Å². The van der Waals surface area contributed by atoms with E-state index >= 15 is 0 Å². The third-order valence-electron chi connectivity index (χ3n) is 3.44. The van der Waals surface area contributed by atoms with Crippen molar-refractivity contribution in [2.45, 2.75) is 37.6 Å². The second-order valence-corrected chi connectivity index (χ2v) is 5.87. The number of nitrogens with one attached hydrogen (secondary N) is 1. The second kappa shape index (κ2) is 5.87. The lowest BCUT2D eigenvalue weighted by Crippen LogP contribution is -2.28. The number of hydrogen-bond donors (Lipinski definition) is 1. The van der Waals surface area contributed by atoms with Crippen LogP contribution < -0.4 is 5.32 Å². The largest absolute Gasteiger partial charge is 0.310 e. The van der Waals surface area contributed by atoms with Crippen LogP contribution in [0.4, 0.5) is 4.39 Å². The molecule has 0 fully saturated rings. The molecule has 1 aromatic rings.